The molecule has 0 amide bonds. The number of benzene rings is 2. The van der Waals surface area contributed by atoms with Gasteiger partial charge < -0.3 is 11.5 Å². The molecule has 0 heterocycles. The number of aliphatic imine (C=N–C) groups is 2. The second kappa shape index (κ2) is 9.47. The van der Waals surface area contributed by atoms with Gasteiger partial charge in [-0.15, -0.1) is 0 Å². The van der Waals surface area contributed by atoms with Crippen LogP contribution >= 0.6 is 0 Å². The van der Waals surface area contributed by atoms with Gasteiger partial charge in [0, 0.05) is 0 Å². The number of hydrogen-bond acceptors (Lipinski definition) is 4. The molecule has 10 heteroatoms. The minimum absolute atomic E-state index is 0.0200. The predicted molar refractivity (Wildman–Crippen MR) is 98.6 cm³/mol. The molecule has 0 bridgehead atoms. The molecule has 0 spiro atoms. The van der Waals surface area contributed by atoms with Gasteiger partial charge in [0.05, 0.1) is 23.8 Å². The molecule has 6 N–H and O–H groups in total. The van der Waals surface area contributed by atoms with Crippen LogP contribution in [-0.2, 0) is 0 Å². The van der Waals surface area contributed by atoms with Gasteiger partial charge in [-0.3, -0.25) is 0 Å². The van der Waals surface area contributed by atoms with Crippen LogP contribution < -0.4 is 22.3 Å². The van der Waals surface area contributed by atoms with E-state index in [9.17, 15) is 8.78 Å². The molecule has 8 nitrogen and oxygen atoms in total. The Balaban J connectivity index is 1.78. The summed E-state index contributed by atoms with van der Waals surface area (Å²) in [6, 6.07) is 11.0. The first-order valence-electron chi connectivity index (χ1n) is 7.29. The molecule has 0 aliphatic rings. The Morgan fingerprint density at radius 2 is 1.04 bits per heavy atom. The second-order valence-electron chi connectivity index (χ2n) is 4.73. The first-order chi connectivity index (χ1) is 12.5. The lowest BCUT2D eigenvalue weighted by Gasteiger charge is -1.99. The van der Waals surface area contributed by atoms with Gasteiger partial charge in [0.15, 0.2) is 0 Å². The van der Waals surface area contributed by atoms with E-state index >= 15 is 0 Å². The van der Waals surface area contributed by atoms with Gasteiger partial charge in [-0.05, 0) is 48.5 Å². The van der Waals surface area contributed by atoms with Crippen LogP contribution in [0.1, 0.15) is 0 Å². The standard InChI is InChI=1S/C16H16F2N8/c17-11-1-5-13(6-2-11)23-15(19)25-21-9-10-22-26-16(20)24-14-7-3-12(18)4-8-14/h1-10H,(H3,19,23,25)(H3,20,24,26)/b21-9+,22-10+. The molecule has 134 valence electrons. The van der Waals surface area contributed by atoms with Gasteiger partial charge in [0.1, 0.15) is 11.6 Å². The van der Waals surface area contributed by atoms with Crippen molar-refractivity contribution in [1.29, 1.82) is 0 Å². The minimum atomic E-state index is -0.362. The fraction of sp³-hybridized carbons (Fsp3) is 0. The number of guanidine groups is 2. The highest BCUT2D eigenvalue weighted by Gasteiger charge is 1.94. The van der Waals surface area contributed by atoms with Crippen molar-refractivity contribution in [3.8, 4) is 0 Å². The first-order valence-corrected chi connectivity index (χ1v) is 7.29. The molecule has 0 aromatic heterocycles. The van der Waals surface area contributed by atoms with E-state index in [1.807, 2.05) is 0 Å². The zero-order valence-electron chi connectivity index (χ0n) is 13.5. The van der Waals surface area contributed by atoms with Crippen molar-refractivity contribution in [3.05, 3.63) is 60.2 Å². The molecule has 0 saturated heterocycles. The van der Waals surface area contributed by atoms with Crippen LogP contribution in [0, 0.1) is 11.6 Å². The molecule has 0 aliphatic carbocycles. The van der Waals surface area contributed by atoms with Crippen molar-refractivity contribution in [2.75, 3.05) is 0 Å². The lowest BCUT2D eigenvalue weighted by molar-refractivity contribution is 0.627. The van der Waals surface area contributed by atoms with Gasteiger partial charge in [-0.25, -0.2) is 29.6 Å². The smallest absolute Gasteiger partial charge is 0.214 e. The lowest BCUT2D eigenvalue weighted by Crippen LogP contribution is -2.27. The highest BCUT2D eigenvalue weighted by atomic mass is 19.1. The zero-order chi connectivity index (χ0) is 18.8. The average molecular weight is 358 g/mol. The highest BCUT2D eigenvalue weighted by molar-refractivity contribution is 6.16. The lowest BCUT2D eigenvalue weighted by atomic mass is 10.3. The fourth-order valence-electron chi connectivity index (χ4n) is 1.63. The van der Waals surface area contributed by atoms with E-state index in [1.165, 1.54) is 61.0 Å². The van der Waals surface area contributed by atoms with Gasteiger partial charge in [-0.2, -0.15) is 10.2 Å². The van der Waals surface area contributed by atoms with E-state index < -0.39 is 0 Å². The number of nitrogens with zero attached hydrogens (tertiary/aromatic N) is 4. The van der Waals surface area contributed by atoms with E-state index in [0.717, 1.165) is 0 Å². The van der Waals surface area contributed by atoms with Crippen LogP contribution in [0.15, 0.2) is 68.7 Å². The van der Waals surface area contributed by atoms with E-state index in [2.05, 4.69) is 31.0 Å². The van der Waals surface area contributed by atoms with E-state index in [0.29, 0.717) is 11.4 Å². The molecule has 2 aromatic rings. The van der Waals surface area contributed by atoms with Crippen molar-refractivity contribution in [3.63, 3.8) is 0 Å². The number of hydrazone groups is 2. The molecule has 0 atom stereocenters. The molecular formula is C16H16F2N8. The molecule has 2 rings (SSSR count). The van der Waals surface area contributed by atoms with Crippen LogP contribution in [0.3, 0.4) is 0 Å². The zero-order valence-corrected chi connectivity index (χ0v) is 13.5. The summed E-state index contributed by atoms with van der Waals surface area (Å²) in [5, 5.41) is 7.52. The van der Waals surface area contributed by atoms with Gasteiger partial charge in [0.2, 0.25) is 11.9 Å². The summed E-state index contributed by atoms with van der Waals surface area (Å²) in [5.41, 5.74) is 17.1. The third kappa shape index (κ3) is 6.74. The maximum absolute atomic E-state index is 12.8. The van der Waals surface area contributed by atoms with Crippen LogP contribution in [-0.4, -0.2) is 24.3 Å². The summed E-state index contributed by atoms with van der Waals surface area (Å²) < 4.78 is 25.5. The number of nitrogens with two attached hydrogens (primary N) is 2. The van der Waals surface area contributed by atoms with Crippen LogP contribution in [0.4, 0.5) is 20.2 Å². The summed E-state index contributed by atoms with van der Waals surface area (Å²) >= 11 is 0. The third-order valence-electron chi connectivity index (χ3n) is 2.73. The Kier molecular flexibility index (Phi) is 6.74. The third-order valence-corrected chi connectivity index (χ3v) is 2.73. The van der Waals surface area contributed by atoms with Crippen molar-refractivity contribution in [2.45, 2.75) is 0 Å². The average Bonchev–Trinajstić information content (AvgIpc) is 2.62. The van der Waals surface area contributed by atoms with Crippen molar-refractivity contribution in [1.82, 2.24) is 10.9 Å². The quantitative estimate of drug-likeness (QED) is 0.369. The predicted octanol–water partition coefficient (Wildman–Crippen LogP) is 1.71. The Hall–Kier alpha value is -3.82. The van der Waals surface area contributed by atoms with Gasteiger partial charge >= 0.3 is 0 Å². The van der Waals surface area contributed by atoms with E-state index in [4.69, 9.17) is 11.5 Å². The van der Waals surface area contributed by atoms with Crippen molar-refractivity contribution < 1.29 is 8.78 Å². The number of nitrogens with one attached hydrogen (secondary N) is 2. The normalized spacial score (nSPS) is 12.7. The van der Waals surface area contributed by atoms with Crippen molar-refractivity contribution in [2.24, 2.45) is 31.7 Å². The maximum Gasteiger partial charge on any atom is 0.214 e. The van der Waals surface area contributed by atoms with E-state index in [-0.39, 0.29) is 23.6 Å². The van der Waals surface area contributed by atoms with Crippen molar-refractivity contribution >= 4 is 35.7 Å². The SMILES string of the molecule is NC(=Nc1ccc(F)cc1)N/N=C/C=N/NC(N)=Nc1ccc(F)cc1. The summed E-state index contributed by atoms with van der Waals surface area (Å²) in [4.78, 5) is 7.95. The molecular weight excluding hydrogens is 342 g/mol. The second-order valence-corrected chi connectivity index (χ2v) is 4.73. The van der Waals surface area contributed by atoms with Crippen LogP contribution in [0.5, 0.6) is 0 Å². The summed E-state index contributed by atoms with van der Waals surface area (Å²) in [6.07, 6.45) is 2.59. The van der Waals surface area contributed by atoms with Crippen LogP contribution in [0.2, 0.25) is 0 Å². The largest absolute Gasteiger partial charge is 0.368 e. The molecule has 0 unspecified atom stereocenters. The first kappa shape index (κ1) is 18.5. The summed E-state index contributed by atoms with van der Waals surface area (Å²) in [7, 11) is 0. The van der Waals surface area contributed by atoms with Crippen LogP contribution in [0.25, 0.3) is 0 Å². The maximum atomic E-state index is 12.8. The minimum Gasteiger partial charge on any atom is -0.368 e. The number of halogens is 2. The summed E-state index contributed by atoms with van der Waals surface area (Å²) in [6.45, 7) is 0. The monoisotopic (exact) mass is 358 g/mol. The fourth-order valence-corrected chi connectivity index (χ4v) is 1.63. The molecule has 0 saturated carbocycles. The molecule has 0 radical (unpaired) electrons. The Morgan fingerprint density at radius 1 is 0.692 bits per heavy atom. The van der Waals surface area contributed by atoms with E-state index in [1.54, 1.807) is 0 Å². The Bertz CT molecular complexity index is 755. The van der Waals surface area contributed by atoms with Gasteiger partial charge in [0.25, 0.3) is 0 Å². The molecule has 2 aromatic carbocycles. The Morgan fingerprint density at radius 3 is 1.38 bits per heavy atom. The number of rotatable bonds is 5. The Labute approximate surface area is 148 Å². The topological polar surface area (TPSA) is 126 Å². The highest BCUT2D eigenvalue weighted by Crippen LogP contribution is 2.12. The molecule has 0 aliphatic heterocycles. The number of hydrogen-bond donors (Lipinski definition) is 4. The summed E-state index contributed by atoms with van der Waals surface area (Å²) in [5.74, 6) is -0.683. The molecule has 26 heavy (non-hydrogen) atoms. The van der Waals surface area contributed by atoms with Gasteiger partial charge in [-0.1, -0.05) is 0 Å². The molecule has 0 fully saturated rings.